The fourth-order valence-corrected chi connectivity index (χ4v) is 8.32. The molecule has 45 heavy (non-hydrogen) atoms. The van der Waals surface area contributed by atoms with E-state index >= 15 is 0 Å². The standard InChI is InChI=1S/C16H19F3O6.C12H15F7O/c1-4-15(2,16(17,18)19)14(22)25-11-6-5-7-9(8(6)12(20)23-3)13(21)24-10(7)11;1-5-6(2)8-3-7(5)4-9(8,13)10(20,11(14,15)16)12(17,18)19/h6-11H,4-5H2,1-3H3;5-8,20H,3-4H2,1-2H3. The van der Waals surface area contributed by atoms with E-state index in [4.69, 9.17) is 14.2 Å². The molecule has 17 heteroatoms. The highest BCUT2D eigenvalue weighted by Crippen LogP contribution is 2.67. The number of hydrogen-bond donors (Lipinski definition) is 1. The lowest BCUT2D eigenvalue weighted by Crippen LogP contribution is -2.71. The summed E-state index contributed by atoms with van der Waals surface area (Å²) >= 11 is 0. The van der Waals surface area contributed by atoms with Gasteiger partial charge in [0.15, 0.2) is 11.1 Å². The number of ether oxygens (including phenoxy) is 3. The minimum absolute atomic E-state index is 0.0483. The Morgan fingerprint density at radius 3 is 1.93 bits per heavy atom. The fourth-order valence-electron chi connectivity index (χ4n) is 8.32. The molecule has 4 aliphatic carbocycles. The van der Waals surface area contributed by atoms with Gasteiger partial charge in [0, 0.05) is 11.8 Å². The van der Waals surface area contributed by atoms with E-state index in [-0.39, 0.29) is 18.3 Å². The van der Waals surface area contributed by atoms with Crippen LogP contribution in [0.4, 0.5) is 43.9 Å². The summed E-state index contributed by atoms with van der Waals surface area (Å²) in [5.74, 6) is -7.82. The van der Waals surface area contributed by atoms with Crippen LogP contribution in [-0.2, 0) is 28.6 Å². The van der Waals surface area contributed by atoms with Gasteiger partial charge in [0.1, 0.15) is 12.2 Å². The van der Waals surface area contributed by atoms with Crippen molar-refractivity contribution in [1.82, 2.24) is 0 Å². The van der Waals surface area contributed by atoms with Gasteiger partial charge in [-0.15, -0.1) is 0 Å². The Bertz CT molecular complexity index is 1190. The van der Waals surface area contributed by atoms with Crippen molar-refractivity contribution in [3.8, 4) is 0 Å². The molecule has 1 heterocycles. The second-order valence-electron chi connectivity index (χ2n) is 13.2. The van der Waals surface area contributed by atoms with Crippen LogP contribution in [0.25, 0.3) is 0 Å². The molecular weight excluding hydrogens is 638 g/mol. The van der Waals surface area contributed by atoms with Gasteiger partial charge in [-0.1, -0.05) is 20.8 Å². The Kier molecular flexibility index (Phi) is 8.57. The number of aliphatic hydroxyl groups is 1. The first-order valence-corrected chi connectivity index (χ1v) is 14.4. The molecule has 5 fully saturated rings. The van der Waals surface area contributed by atoms with E-state index in [1.165, 1.54) is 21.0 Å². The zero-order chi connectivity index (χ0) is 34.5. The van der Waals surface area contributed by atoms with Crippen LogP contribution in [-0.4, -0.2) is 72.1 Å². The molecule has 0 aromatic rings. The Hall–Kier alpha value is -2.33. The van der Waals surface area contributed by atoms with Gasteiger partial charge in [-0.3, -0.25) is 14.4 Å². The third-order valence-electron chi connectivity index (χ3n) is 11.4. The first kappa shape index (κ1) is 35.5. The SMILES string of the molecule is CC1C2CC(C1C)C(F)(C(O)(C(F)(F)F)C(F)(F)F)C2.CCC(C)(C(=O)OC1C2CC3C1OC(=O)C3C2C(=O)OC)C(F)(F)F. The van der Waals surface area contributed by atoms with Crippen LogP contribution in [0.1, 0.15) is 53.4 Å². The van der Waals surface area contributed by atoms with Crippen LogP contribution in [0, 0.1) is 52.8 Å². The van der Waals surface area contributed by atoms with Crippen LogP contribution in [0.2, 0.25) is 0 Å². The Morgan fingerprint density at radius 2 is 1.51 bits per heavy atom. The molecule has 0 aromatic heterocycles. The zero-order valence-electron chi connectivity index (χ0n) is 24.8. The number of rotatable bonds is 5. The molecule has 0 radical (unpaired) electrons. The van der Waals surface area contributed by atoms with Crippen molar-refractivity contribution in [2.75, 3.05) is 7.11 Å². The highest BCUT2D eigenvalue weighted by molar-refractivity contribution is 5.86. The number of alkyl halides is 10. The first-order valence-electron chi connectivity index (χ1n) is 14.4. The number of hydrogen-bond acceptors (Lipinski definition) is 7. The molecule has 1 saturated heterocycles. The second-order valence-corrected chi connectivity index (χ2v) is 13.2. The Balaban J connectivity index is 0.000000210. The van der Waals surface area contributed by atoms with Crippen molar-refractivity contribution in [2.45, 2.75) is 95.4 Å². The molecule has 1 N–H and O–H groups in total. The predicted octanol–water partition coefficient (Wildman–Crippen LogP) is 5.72. The molecule has 12 atom stereocenters. The monoisotopic (exact) mass is 672 g/mol. The smallest absolute Gasteiger partial charge is 0.429 e. The molecule has 0 spiro atoms. The maximum Gasteiger partial charge on any atom is 0.429 e. The van der Waals surface area contributed by atoms with Crippen LogP contribution in [0.3, 0.4) is 0 Å². The van der Waals surface area contributed by atoms with Crippen molar-refractivity contribution in [3.63, 3.8) is 0 Å². The summed E-state index contributed by atoms with van der Waals surface area (Å²) in [6.45, 7) is 5.16. The third kappa shape index (κ3) is 4.90. The van der Waals surface area contributed by atoms with Crippen LogP contribution < -0.4 is 0 Å². The molecule has 4 saturated carbocycles. The van der Waals surface area contributed by atoms with Crippen molar-refractivity contribution >= 4 is 17.9 Å². The summed E-state index contributed by atoms with van der Waals surface area (Å²) in [6, 6.07) is 0. The minimum Gasteiger partial charge on any atom is -0.469 e. The Labute approximate surface area is 251 Å². The number of carbonyl (C=O) groups is 3. The molecule has 0 amide bonds. The van der Waals surface area contributed by atoms with Gasteiger partial charge in [0.05, 0.1) is 18.9 Å². The van der Waals surface area contributed by atoms with Crippen LogP contribution in [0.5, 0.6) is 0 Å². The van der Waals surface area contributed by atoms with E-state index in [0.717, 1.165) is 6.92 Å². The van der Waals surface area contributed by atoms with Crippen LogP contribution >= 0.6 is 0 Å². The van der Waals surface area contributed by atoms with E-state index in [1.54, 1.807) is 6.92 Å². The molecule has 5 rings (SSSR count). The van der Waals surface area contributed by atoms with Crippen LogP contribution in [0.15, 0.2) is 0 Å². The van der Waals surface area contributed by atoms with Gasteiger partial charge in [0.2, 0.25) is 0 Å². The second kappa shape index (κ2) is 10.9. The van der Waals surface area contributed by atoms with E-state index in [9.17, 15) is 63.4 Å². The highest BCUT2D eigenvalue weighted by atomic mass is 19.4. The summed E-state index contributed by atoms with van der Waals surface area (Å²) in [6.07, 6.45) is -19.9. The molecule has 5 aliphatic rings. The van der Waals surface area contributed by atoms with Crippen molar-refractivity contribution in [1.29, 1.82) is 0 Å². The fraction of sp³-hybridized carbons (Fsp3) is 0.893. The number of fused-ring (bicyclic) bond motifs is 3. The van der Waals surface area contributed by atoms with Crippen molar-refractivity contribution in [2.24, 2.45) is 52.8 Å². The number of esters is 3. The highest BCUT2D eigenvalue weighted by Gasteiger charge is 2.84. The third-order valence-corrected chi connectivity index (χ3v) is 11.4. The number of carbonyl (C=O) groups excluding carboxylic acids is 3. The first-order chi connectivity index (χ1) is 20.3. The molecule has 0 aromatic carbocycles. The predicted molar refractivity (Wildman–Crippen MR) is 130 cm³/mol. The molecule has 258 valence electrons. The Morgan fingerprint density at radius 1 is 0.956 bits per heavy atom. The zero-order valence-corrected chi connectivity index (χ0v) is 24.8. The topological polar surface area (TPSA) is 99.1 Å². The lowest BCUT2D eigenvalue weighted by Gasteiger charge is -2.47. The summed E-state index contributed by atoms with van der Waals surface area (Å²) in [5, 5.41) is 9.34. The molecule has 4 bridgehead atoms. The van der Waals surface area contributed by atoms with Crippen molar-refractivity contribution in [3.05, 3.63) is 0 Å². The molecule has 7 nitrogen and oxygen atoms in total. The van der Waals surface area contributed by atoms with Gasteiger partial charge >= 0.3 is 36.4 Å². The van der Waals surface area contributed by atoms with E-state index in [2.05, 4.69) is 0 Å². The quantitative estimate of drug-likeness (QED) is 0.227. The van der Waals surface area contributed by atoms with Gasteiger partial charge < -0.3 is 19.3 Å². The molecule has 1 aliphatic heterocycles. The summed E-state index contributed by atoms with van der Waals surface area (Å²) in [5.41, 5.74) is -11.7. The summed E-state index contributed by atoms with van der Waals surface area (Å²) in [4.78, 5) is 36.3. The van der Waals surface area contributed by atoms with E-state index in [1.807, 2.05) is 0 Å². The van der Waals surface area contributed by atoms with Gasteiger partial charge in [-0.05, 0) is 56.3 Å². The molecular formula is C28H34F10O7. The normalized spacial score (nSPS) is 40.0. The average molecular weight is 673 g/mol. The van der Waals surface area contributed by atoms with E-state index in [0.29, 0.717) is 6.42 Å². The lowest BCUT2D eigenvalue weighted by molar-refractivity contribution is -0.410. The summed E-state index contributed by atoms with van der Waals surface area (Å²) in [7, 11) is 1.17. The lowest BCUT2D eigenvalue weighted by atomic mass is 9.66. The number of methoxy groups -OCH3 is 1. The maximum atomic E-state index is 14.8. The average Bonchev–Trinajstić information content (AvgIpc) is 3.68. The molecule has 12 unspecified atom stereocenters. The van der Waals surface area contributed by atoms with Gasteiger partial charge in [-0.25, -0.2) is 4.39 Å². The number of halogens is 10. The van der Waals surface area contributed by atoms with E-state index < -0.39 is 114 Å². The van der Waals surface area contributed by atoms with Gasteiger partial charge in [-0.2, -0.15) is 39.5 Å². The van der Waals surface area contributed by atoms with Crippen molar-refractivity contribution < 1.29 is 77.6 Å². The van der Waals surface area contributed by atoms with Gasteiger partial charge in [0.25, 0.3) is 5.60 Å². The minimum atomic E-state index is -6.10. The maximum absolute atomic E-state index is 14.8. The largest absolute Gasteiger partial charge is 0.469 e. The summed E-state index contributed by atoms with van der Waals surface area (Å²) < 4.78 is 147.